The highest BCUT2D eigenvalue weighted by Crippen LogP contribution is 2.28. The minimum Gasteiger partial charge on any atom is -0.342 e. The summed E-state index contributed by atoms with van der Waals surface area (Å²) in [5, 5.41) is 8.82. The quantitative estimate of drug-likeness (QED) is 0.684. The highest BCUT2D eigenvalue weighted by Gasteiger charge is 2.31. The van der Waals surface area contributed by atoms with Gasteiger partial charge in [-0.25, -0.2) is 0 Å². The van der Waals surface area contributed by atoms with E-state index in [9.17, 15) is 4.79 Å². The summed E-state index contributed by atoms with van der Waals surface area (Å²) >= 11 is 0. The van der Waals surface area contributed by atoms with Gasteiger partial charge in [0, 0.05) is 24.4 Å². The Hall–Kier alpha value is -1.04. The fourth-order valence-corrected chi connectivity index (χ4v) is 2.29. The molecule has 90 valence electrons. The lowest BCUT2D eigenvalue weighted by atomic mass is 9.85. The van der Waals surface area contributed by atoms with Crippen LogP contribution in [-0.4, -0.2) is 23.9 Å². The number of amides is 1. The van der Waals surface area contributed by atoms with Crippen LogP contribution in [0.25, 0.3) is 0 Å². The first-order chi connectivity index (χ1) is 7.36. The fraction of sp³-hybridized carbons (Fsp3) is 0.846. The summed E-state index contributed by atoms with van der Waals surface area (Å²) in [5.41, 5.74) is -0.305. The molecule has 0 atom stereocenters. The Balaban J connectivity index is 2.54. The molecule has 3 nitrogen and oxygen atoms in total. The van der Waals surface area contributed by atoms with E-state index in [0.29, 0.717) is 6.04 Å². The third-order valence-electron chi connectivity index (χ3n) is 3.39. The van der Waals surface area contributed by atoms with Crippen LogP contribution < -0.4 is 0 Å². The van der Waals surface area contributed by atoms with Gasteiger partial charge in [0.15, 0.2) is 0 Å². The Morgan fingerprint density at radius 3 is 2.12 bits per heavy atom. The molecule has 0 aliphatic heterocycles. The molecule has 0 aromatic carbocycles. The Kier molecular flexibility index (Phi) is 3.96. The van der Waals surface area contributed by atoms with Gasteiger partial charge in [-0.3, -0.25) is 4.79 Å². The maximum absolute atomic E-state index is 12.1. The number of carbonyl (C=O) groups is 1. The summed E-state index contributed by atoms with van der Waals surface area (Å²) in [7, 11) is 1.89. The van der Waals surface area contributed by atoms with Gasteiger partial charge in [0.1, 0.15) is 0 Å². The molecule has 1 aliphatic rings. The maximum atomic E-state index is 12.1. The number of nitrogens with zero attached hydrogens (tertiary/aromatic N) is 2. The maximum Gasteiger partial charge on any atom is 0.227 e. The van der Waals surface area contributed by atoms with E-state index in [1.807, 2.05) is 32.7 Å². The van der Waals surface area contributed by atoms with E-state index in [1.54, 1.807) is 0 Å². The minimum absolute atomic E-state index is 0.202. The Morgan fingerprint density at radius 2 is 1.75 bits per heavy atom. The first-order valence-electron chi connectivity index (χ1n) is 6.03. The summed E-state index contributed by atoms with van der Waals surface area (Å²) in [4.78, 5) is 14.0. The molecule has 0 saturated heterocycles. The number of nitriles is 1. The molecule has 0 aromatic rings. The van der Waals surface area contributed by atoms with Gasteiger partial charge >= 0.3 is 0 Å². The lowest BCUT2D eigenvalue weighted by molar-refractivity contribution is -0.140. The molecular weight excluding hydrogens is 200 g/mol. The third kappa shape index (κ3) is 2.98. The molecule has 0 bridgehead atoms. The van der Waals surface area contributed by atoms with Gasteiger partial charge in [-0.2, -0.15) is 5.26 Å². The summed E-state index contributed by atoms with van der Waals surface area (Å²) < 4.78 is 0. The van der Waals surface area contributed by atoms with Crippen molar-refractivity contribution in [2.45, 2.75) is 52.5 Å². The van der Waals surface area contributed by atoms with Crippen molar-refractivity contribution in [3.05, 3.63) is 0 Å². The molecule has 0 heterocycles. The van der Waals surface area contributed by atoms with Gasteiger partial charge in [-0.15, -0.1) is 0 Å². The van der Waals surface area contributed by atoms with Gasteiger partial charge in [0.2, 0.25) is 5.91 Å². The second-order valence-corrected chi connectivity index (χ2v) is 5.80. The van der Waals surface area contributed by atoms with Crippen molar-refractivity contribution in [1.29, 1.82) is 5.26 Å². The fourth-order valence-electron chi connectivity index (χ4n) is 2.29. The minimum atomic E-state index is -0.305. The molecule has 0 spiro atoms. The van der Waals surface area contributed by atoms with E-state index in [4.69, 9.17) is 5.26 Å². The van der Waals surface area contributed by atoms with Crippen LogP contribution in [0.3, 0.4) is 0 Å². The lowest BCUT2D eigenvalue weighted by Gasteiger charge is -2.36. The average molecular weight is 222 g/mol. The number of hydrogen-bond donors (Lipinski definition) is 0. The molecule has 1 rings (SSSR count). The zero-order valence-electron chi connectivity index (χ0n) is 10.8. The zero-order chi connectivity index (χ0) is 12.3. The number of hydrogen-bond acceptors (Lipinski definition) is 2. The Bertz CT molecular complexity index is 290. The van der Waals surface area contributed by atoms with Gasteiger partial charge in [-0.05, 0) is 25.7 Å². The number of carbonyl (C=O) groups excluding carboxylic acids is 1. The molecule has 0 aromatic heterocycles. The molecule has 0 N–H and O–H groups in total. The van der Waals surface area contributed by atoms with Gasteiger partial charge in [-0.1, -0.05) is 20.8 Å². The van der Waals surface area contributed by atoms with Crippen molar-refractivity contribution < 1.29 is 4.79 Å². The van der Waals surface area contributed by atoms with Crippen LogP contribution >= 0.6 is 0 Å². The van der Waals surface area contributed by atoms with Crippen molar-refractivity contribution in [2.75, 3.05) is 7.05 Å². The summed E-state index contributed by atoms with van der Waals surface area (Å²) in [5.74, 6) is 0.405. The van der Waals surface area contributed by atoms with E-state index in [0.717, 1.165) is 25.7 Å². The normalized spacial score (nSPS) is 25.9. The molecular formula is C13H22N2O. The average Bonchev–Trinajstić information content (AvgIpc) is 2.26. The van der Waals surface area contributed by atoms with Crippen LogP contribution in [0, 0.1) is 22.7 Å². The molecule has 1 aliphatic carbocycles. The van der Waals surface area contributed by atoms with Crippen LogP contribution in [-0.2, 0) is 4.79 Å². The number of rotatable bonds is 1. The summed E-state index contributed by atoms with van der Waals surface area (Å²) in [6.45, 7) is 5.85. The zero-order valence-corrected chi connectivity index (χ0v) is 10.8. The van der Waals surface area contributed by atoms with Crippen molar-refractivity contribution in [3.8, 4) is 6.07 Å². The highest BCUT2D eigenvalue weighted by atomic mass is 16.2. The molecule has 1 saturated carbocycles. The van der Waals surface area contributed by atoms with E-state index in [1.165, 1.54) is 0 Å². The molecule has 0 radical (unpaired) electrons. The second kappa shape index (κ2) is 4.86. The molecule has 16 heavy (non-hydrogen) atoms. The Labute approximate surface area is 98.4 Å². The summed E-state index contributed by atoms with van der Waals surface area (Å²) in [6, 6.07) is 2.65. The van der Waals surface area contributed by atoms with Crippen LogP contribution in [0.15, 0.2) is 0 Å². The predicted octanol–water partition coefficient (Wildman–Crippen LogP) is 2.57. The van der Waals surface area contributed by atoms with Crippen LogP contribution in [0.2, 0.25) is 0 Å². The van der Waals surface area contributed by atoms with Crippen molar-refractivity contribution in [1.82, 2.24) is 4.90 Å². The SMILES string of the molecule is CN(C(=O)C(C)(C)C)C1CCC(C#N)CC1. The van der Waals surface area contributed by atoms with Crippen molar-refractivity contribution in [2.24, 2.45) is 11.3 Å². The lowest BCUT2D eigenvalue weighted by Crippen LogP contribution is -2.44. The smallest absolute Gasteiger partial charge is 0.227 e. The van der Waals surface area contributed by atoms with E-state index >= 15 is 0 Å². The van der Waals surface area contributed by atoms with E-state index in [-0.39, 0.29) is 17.2 Å². The Morgan fingerprint density at radius 1 is 1.25 bits per heavy atom. The van der Waals surface area contributed by atoms with E-state index in [2.05, 4.69) is 6.07 Å². The van der Waals surface area contributed by atoms with Crippen LogP contribution in [0.5, 0.6) is 0 Å². The molecule has 0 unspecified atom stereocenters. The van der Waals surface area contributed by atoms with Crippen LogP contribution in [0.1, 0.15) is 46.5 Å². The summed E-state index contributed by atoms with van der Waals surface area (Å²) in [6.07, 6.45) is 3.80. The van der Waals surface area contributed by atoms with Crippen molar-refractivity contribution in [3.63, 3.8) is 0 Å². The second-order valence-electron chi connectivity index (χ2n) is 5.80. The topological polar surface area (TPSA) is 44.1 Å². The monoisotopic (exact) mass is 222 g/mol. The predicted molar refractivity (Wildman–Crippen MR) is 63.6 cm³/mol. The first kappa shape index (κ1) is 13.0. The third-order valence-corrected chi connectivity index (χ3v) is 3.39. The van der Waals surface area contributed by atoms with Crippen molar-refractivity contribution >= 4 is 5.91 Å². The first-order valence-corrected chi connectivity index (χ1v) is 6.03. The van der Waals surface area contributed by atoms with Gasteiger partial charge < -0.3 is 4.90 Å². The van der Waals surface area contributed by atoms with Gasteiger partial charge in [0.05, 0.1) is 6.07 Å². The largest absolute Gasteiger partial charge is 0.342 e. The standard InChI is InChI=1S/C13H22N2O/c1-13(2,3)12(16)15(4)11-7-5-10(9-14)6-8-11/h10-11H,5-8H2,1-4H3. The molecule has 1 amide bonds. The molecule has 3 heteroatoms. The van der Waals surface area contributed by atoms with Crippen LogP contribution in [0.4, 0.5) is 0 Å². The molecule has 1 fully saturated rings. The van der Waals surface area contributed by atoms with E-state index < -0.39 is 0 Å². The van der Waals surface area contributed by atoms with Gasteiger partial charge in [0.25, 0.3) is 0 Å². The highest BCUT2D eigenvalue weighted by molar-refractivity contribution is 5.81.